The van der Waals surface area contributed by atoms with Gasteiger partial charge in [0, 0.05) is 10.0 Å². The van der Waals surface area contributed by atoms with E-state index in [0.717, 1.165) is 13.0 Å². The molecule has 1 heterocycles. The molecule has 0 saturated heterocycles. The molecule has 0 aliphatic rings. The van der Waals surface area contributed by atoms with Gasteiger partial charge in [-0.2, -0.15) is 0 Å². The van der Waals surface area contributed by atoms with Gasteiger partial charge in [-0.15, -0.1) is 0 Å². The SMILES string of the molecule is CCCNC(c1ccoc1)c1cc(C)c(Br)c(C)c1. The fourth-order valence-corrected chi connectivity index (χ4v) is 2.53. The molecule has 3 heteroatoms. The standard InChI is InChI=1S/C16H20BrNO/c1-4-6-18-16(13-5-7-19-10-13)14-8-11(2)15(17)12(3)9-14/h5,7-10,16,18H,4,6H2,1-3H3. The number of halogens is 1. The molecule has 1 aromatic heterocycles. The van der Waals surface area contributed by atoms with E-state index in [1.165, 1.54) is 26.7 Å². The number of aryl methyl sites for hydroxylation is 2. The fourth-order valence-electron chi connectivity index (χ4n) is 2.30. The third kappa shape index (κ3) is 3.28. The zero-order chi connectivity index (χ0) is 13.8. The van der Waals surface area contributed by atoms with E-state index in [1.807, 2.05) is 12.3 Å². The van der Waals surface area contributed by atoms with E-state index in [9.17, 15) is 0 Å². The summed E-state index contributed by atoms with van der Waals surface area (Å²) in [6, 6.07) is 6.69. The second kappa shape index (κ2) is 6.40. The molecule has 0 spiro atoms. The van der Waals surface area contributed by atoms with Crippen LogP contribution in [-0.4, -0.2) is 6.54 Å². The van der Waals surface area contributed by atoms with Crippen LogP contribution < -0.4 is 5.32 Å². The first-order chi connectivity index (χ1) is 9.13. The van der Waals surface area contributed by atoms with Crippen LogP contribution in [-0.2, 0) is 0 Å². The van der Waals surface area contributed by atoms with Gasteiger partial charge in [0.05, 0.1) is 18.6 Å². The summed E-state index contributed by atoms with van der Waals surface area (Å²) in [5, 5.41) is 3.59. The molecule has 2 nitrogen and oxygen atoms in total. The molecule has 1 unspecified atom stereocenters. The summed E-state index contributed by atoms with van der Waals surface area (Å²) in [5.41, 5.74) is 4.99. The van der Waals surface area contributed by atoms with Crippen molar-refractivity contribution in [3.05, 3.63) is 57.5 Å². The molecule has 0 bridgehead atoms. The van der Waals surface area contributed by atoms with Crippen molar-refractivity contribution in [2.45, 2.75) is 33.2 Å². The maximum Gasteiger partial charge on any atom is 0.0953 e. The Kier molecular flexibility index (Phi) is 4.83. The highest BCUT2D eigenvalue weighted by Gasteiger charge is 2.16. The molecule has 1 aromatic carbocycles. The lowest BCUT2D eigenvalue weighted by molar-refractivity contribution is 0.548. The topological polar surface area (TPSA) is 25.2 Å². The lowest BCUT2D eigenvalue weighted by Crippen LogP contribution is -2.23. The van der Waals surface area contributed by atoms with Crippen LogP contribution in [0.5, 0.6) is 0 Å². The highest BCUT2D eigenvalue weighted by molar-refractivity contribution is 9.10. The van der Waals surface area contributed by atoms with Crippen LogP contribution in [0.15, 0.2) is 39.6 Å². The van der Waals surface area contributed by atoms with Crippen LogP contribution in [0.3, 0.4) is 0 Å². The zero-order valence-electron chi connectivity index (χ0n) is 11.7. The van der Waals surface area contributed by atoms with Crippen molar-refractivity contribution in [3.8, 4) is 0 Å². The molecule has 0 saturated carbocycles. The maximum atomic E-state index is 5.23. The van der Waals surface area contributed by atoms with E-state index in [-0.39, 0.29) is 6.04 Å². The summed E-state index contributed by atoms with van der Waals surface area (Å²) in [7, 11) is 0. The van der Waals surface area contributed by atoms with Crippen LogP contribution in [0.2, 0.25) is 0 Å². The minimum atomic E-state index is 0.198. The van der Waals surface area contributed by atoms with Crippen molar-refractivity contribution < 1.29 is 4.42 Å². The quantitative estimate of drug-likeness (QED) is 0.859. The summed E-state index contributed by atoms with van der Waals surface area (Å²) in [4.78, 5) is 0. The third-order valence-electron chi connectivity index (χ3n) is 3.27. The number of hydrogen-bond donors (Lipinski definition) is 1. The van der Waals surface area contributed by atoms with Crippen molar-refractivity contribution in [1.29, 1.82) is 0 Å². The summed E-state index contributed by atoms with van der Waals surface area (Å²) in [6.45, 7) is 7.43. The molecule has 2 rings (SSSR count). The first-order valence-corrected chi connectivity index (χ1v) is 7.45. The molecule has 0 radical (unpaired) electrons. The average Bonchev–Trinajstić information content (AvgIpc) is 2.90. The Labute approximate surface area is 123 Å². The normalized spacial score (nSPS) is 12.6. The van der Waals surface area contributed by atoms with Crippen molar-refractivity contribution in [1.82, 2.24) is 5.32 Å². The van der Waals surface area contributed by atoms with E-state index in [4.69, 9.17) is 4.42 Å². The van der Waals surface area contributed by atoms with Gasteiger partial charge < -0.3 is 9.73 Å². The molecule has 0 fully saturated rings. The highest BCUT2D eigenvalue weighted by Crippen LogP contribution is 2.29. The highest BCUT2D eigenvalue weighted by atomic mass is 79.9. The van der Waals surface area contributed by atoms with Gasteiger partial charge in [-0.05, 0) is 49.6 Å². The van der Waals surface area contributed by atoms with Gasteiger partial charge in [-0.1, -0.05) is 35.0 Å². The van der Waals surface area contributed by atoms with E-state index < -0.39 is 0 Å². The number of furan rings is 1. The Morgan fingerprint density at radius 3 is 2.42 bits per heavy atom. The summed E-state index contributed by atoms with van der Waals surface area (Å²) < 4.78 is 6.42. The van der Waals surface area contributed by atoms with E-state index in [2.05, 4.69) is 54.2 Å². The summed E-state index contributed by atoms with van der Waals surface area (Å²) >= 11 is 3.62. The third-order valence-corrected chi connectivity index (χ3v) is 4.52. The molecule has 19 heavy (non-hydrogen) atoms. The molecule has 102 valence electrons. The van der Waals surface area contributed by atoms with Gasteiger partial charge in [-0.25, -0.2) is 0 Å². The van der Waals surface area contributed by atoms with Crippen LogP contribution in [0.25, 0.3) is 0 Å². The van der Waals surface area contributed by atoms with Crippen LogP contribution in [0.1, 0.15) is 41.6 Å². The fraction of sp³-hybridized carbons (Fsp3) is 0.375. The number of hydrogen-bond acceptors (Lipinski definition) is 2. The minimum absolute atomic E-state index is 0.198. The first kappa shape index (κ1) is 14.4. The van der Waals surface area contributed by atoms with Crippen LogP contribution in [0.4, 0.5) is 0 Å². The van der Waals surface area contributed by atoms with Gasteiger partial charge in [0.25, 0.3) is 0 Å². The number of nitrogens with one attached hydrogen (secondary N) is 1. The molecular formula is C16H20BrNO. The average molecular weight is 322 g/mol. The molecule has 0 amide bonds. The molecule has 1 atom stereocenters. The Balaban J connectivity index is 2.38. The predicted octanol–water partition coefficient (Wildman–Crippen LogP) is 4.75. The van der Waals surface area contributed by atoms with Crippen molar-refractivity contribution >= 4 is 15.9 Å². The summed E-state index contributed by atoms with van der Waals surface area (Å²) in [6.07, 6.45) is 4.66. The van der Waals surface area contributed by atoms with Crippen molar-refractivity contribution in [2.24, 2.45) is 0 Å². The van der Waals surface area contributed by atoms with Crippen LogP contribution in [0, 0.1) is 13.8 Å². The first-order valence-electron chi connectivity index (χ1n) is 6.65. The zero-order valence-corrected chi connectivity index (χ0v) is 13.3. The Morgan fingerprint density at radius 2 is 1.89 bits per heavy atom. The molecule has 2 aromatic rings. The Bertz CT molecular complexity index is 511. The molecule has 0 aliphatic heterocycles. The largest absolute Gasteiger partial charge is 0.472 e. The lowest BCUT2D eigenvalue weighted by atomic mass is 9.97. The smallest absolute Gasteiger partial charge is 0.0953 e. The van der Waals surface area contributed by atoms with Gasteiger partial charge in [0.2, 0.25) is 0 Å². The molecular weight excluding hydrogens is 302 g/mol. The van der Waals surface area contributed by atoms with Crippen molar-refractivity contribution in [2.75, 3.05) is 6.54 Å². The van der Waals surface area contributed by atoms with Gasteiger partial charge in [0.1, 0.15) is 0 Å². The monoisotopic (exact) mass is 321 g/mol. The van der Waals surface area contributed by atoms with Gasteiger partial charge >= 0.3 is 0 Å². The maximum absolute atomic E-state index is 5.23. The Morgan fingerprint density at radius 1 is 1.21 bits per heavy atom. The molecule has 0 aliphatic carbocycles. The van der Waals surface area contributed by atoms with E-state index in [1.54, 1.807) is 6.26 Å². The van der Waals surface area contributed by atoms with Crippen molar-refractivity contribution in [3.63, 3.8) is 0 Å². The molecule has 1 N–H and O–H groups in total. The van der Waals surface area contributed by atoms with E-state index in [0.29, 0.717) is 0 Å². The Hall–Kier alpha value is -1.06. The minimum Gasteiger partial charge on any atom is -0.472 e. The summed E-state index contributed by atoms with van der Waals surface area (Å²) in [5.74, 6) is 0. The van der Waals surface area contributed by atoms with Gasteiger partial charge in [-0.3, -0.25) is 0 Å². The number of rotatable bonds is 5. The van der Waals surface area contributed by atoms with Gasteiger partial charge in [0.15, 0.2) is 0 Å². The second-order valence-corrected chi connectivity index (χ2v) is 5.71. The lowest BCUT2D eigenvalue weighted by Gasteiger charge is -2.19. The van der Waals surface area contributed by atoms with Crippen LogP contribution >= 0.6 is 15.9 Å². The predicted molar refractivity (Wildman–Crippen MR) is 82.5 cm³/mol. The number of benzene rings is 1. The second-order valence-electron chi connectivity index (χ2n) is 4.91. The van der Waals surface area contributed by atoms with E-state index >= 15 is 0 Å².